The summed E-state index contributed by atoms with van der Waals surface area (Å²) in [6.45, 7) is 13.4. The maximum absolute atomic E-state index is 13.2. The zero-order valence-electron chi connectivity index (χ0n) is 16.3. The molecule has 0 aromatic rings. The molecule has 0 spiro atoms. The molecule has 2 aliphatic rings. The number of nitrogens with one attached hydrogen (secondary N) is 1. The summed E-state index contributed by atoms with van der Waals surface area (Å²) in [6.07, 6.45) is 7.09. The van der Waals surface area contributed by atoms with E-state index in [0.29, 0.717) is 42.3 Å². The first kappa shape index (κ1) is 20.4. The molecule has 2 fully saturated rings. The molecule has 4 heteroatoms. The molecule has 0 unspecified atom stereocenters. The van der Waals surface area contributed by atoms with Gasteiger partial charge in [-0.1, -0.05) is 0 Å². The van der Waals surface area contributed by atoms with Gasteiger partial charge >= 0.3 is 161 Å². The van der Waals surface area contributed by atoms with Gasteiger partial charge in [0, 0.05) is 0 Å². The van der Waals surface area contributed by atoms with Crippen molar-refractivity contribution in [2.45, 2.75) is 95.7 Å². The van der Waals surface area contributed by atoms with Crippen LogP contribution in [0.5, 0.6) is 0 Å². The van der Waals surface area contributed by atoms with Gasteiger partial charge in [0.05, 0.1) is 0 Å². The third-order valence-corrected chi connectivity index (χ3v) is 10.6. The quantitative estimate of drug-likeness (QED) is 0.436. The van der Waals surface area contributed by atoms with Crippen molar-refractivity contribution in [2.75, 3.05) is 0 Å². The Hall–Kier alpha value is 0.0795. The molecule has 0 aliphatic heterocycles. The van der Waals surface area contributed by atoms with E-state index in [1.54, 1.807) is 0 Å². The van der Waals surface area contributed by atoms with Crippen molar-refractivity contribution in [2.24, 2.45) is 16.7 Å². The first-order chi connectivity index (χ1) is 11.2. The van der Waals surface area contributed by atoms with E-state index in [2.05, 4.69) is 39.9 Å². The van der Waals surface area contributed by atoms with Gasteiger partial charge in [-0.15, -0.1) is 0 Å². The molecular weight excluding hydrogens is 381 g/mol. The number of hydrogen-bond donors (Lipinski definition) is 1. The molecule has 2 nitrogen and oxygen atoms in total. The third kappa shape index (κ3) is 3.48. The van der Waals surface area contributed by atoms with E-state index in [-0.39, 0.29) is 10.8 Å². The maximum atomic E-state index is 13.2. The Labute approximate surface area is 160 Å². The number of thiocarbonyl (C=S) groups is 1. The fourth-order valence-electron chi connectivity index (χ4n) is 4.92. The van der Waals surface area contributed by atoms with Crippen molar-refractivity contribution >= 4 is 37.9 Å². The Balaban J connectivity index is 2.18. The van der Waals surface area contributed by atoms with Crippen LogP contribution in [0.15, 0.2) is 0 Å². The van der Waals surface area contributed by atoms with Gasteiger partial charge in [-0.2, -0.15) is 0 Å². The molecule has 0 amide bonds. The Morgan fingerprint density at radius 3 is 2.38 bits per heavy atom. The van der Waals surface area contributed by atoms with E-state index in [9.17, 15) is 4.79 Å². The van der Waals surface area contributed by atoms with Crippen molar-refractivity contribution < 1.29 is 4.79 Å². The molecule has 2 rings (SSSR count). The number of fused-ring (bicyclic) bond motifs is 2. The fourth-order valence-corrected chi connectivity index (χ4v) is 9.67. The van der Waals surface area contributed by atoms with Crippen LogP contribution in [0.3, 0.4) is 0 Å². The summed E-state index contributed by atoms with van der Waals surface area (Å²) in [5.41, 5.74) is 0.107. The molecule has 0 aromatic heterocycles. The second-order valence-electron chi connectivity index (χ2n) is 8.54. The van der Waals surface area contributed by atoms with Crippen LogP contribution < -0.4 is 5.32 Å². The summed E-state index contributed by atoms with van der Waals surface area (Å²) in [5, 5.41) is 3.56. The normalized spacial score (nSPS) is 33.5. The van der Waals surface area contributed by atoms with E-state index in [0.717, 1.165) is 17.8 Å². The zero-order chi connectivity index (χ0) is 18.1. The van der Waals surface area contributed by atoms with Crippen LogP contribution in [-0.4, -0.2) is 31.8 Å². The van der Waals surface area contributed by atoms with Crippen molar-refractivity contribution in [1.82, 2.24) is 5.32 Å². The number of rotatable bonds is 8. The summed E-state index contributed by atoms with van der Waals surface area (Å²) in [4.78, 5) is 15.1. The van der Waals surface area contributed by atoms with E-state index >= 15 is 0 Å². The van der Waals surface area contributed by atoms with Crippen LogP contribution in [-0.2, 0) is 4.79 Å². The summed E-state index contributed by atoms with van der Waals surface area (Å²) >= 11 is 5.70. The van der Waals surface area contributed by atoms with Gasteiger partial charge < -0.3 is 0 Å². The second-order valence-corrected chi connectivity index (χ2v) is 12.1. The number of ketones is 1. The third-order valence-electron chi connectivity index (χ3n) is 6.80. The average Bonchev–Trinajstić information content (AvgIpc) is 2.80. The van der Waals surface area contributed by atoms with Gasteiger partial charge in [0.2, 0.25) is 0 Å². The summed E-state index contributed by atoms with van der Waals surface area (Å²) in [7, 11) is 0. The van der Waals surface area contributed by atoms with E-state index in [1.807, 2.05) is 6.92 Å². The average molecular weight is 417 g/mol. The minimum atomic E-state index is -0.0748. The predicted molar refractivity (Wildman–Crippen MR) is 108 cm³/mol. The Morgan fingerprint density at radius 1 is 1.29 bits per heavy atom. The van der Waals surface area contributed by atoms with Gasteiger partial charge in [-0.3, -0.25) is 0 Å². The van der Waals surface area contributed by atoms with Crippen LogP contribution in [0.1, 0.15) is 80.1 Å². The number of carbonyl (C=O) groups is 1. The van der Waals surface area contributed by atoms with Crippen molar-refractivity contribution in [3.63, 3.8) is 0 Å². The van der Waals surface area contributed by atoms with Crippen LogP contribution in [0, 0.1) is 16.7 Å². The molecule has 0 aromatic carbocycles. The molecule has 138 valence electrons. The van der Waals surface area contributed by atoms with Gasteiger partial charge in [0.25, 0.3) is 0 Å². The Bertz CT molecular complexity index is 492. The van der Waals surface area contributed by atoms with Crippen LogP contribution in [0.4, 0.5) is 0 Å². The van der Waals surface area contributed by atoms with Crippen LogP contribution >= 0.6 is 12.2 Å². The second kappa shape index (κ2) is 7.76. The standard InChI is InChI=1S/C20H35NOSSe/c1-7-9-15(21-13(3)23)16(10-8-2)24-17-14-11-12-20(6,18(17)22)19(14,4)5/h14-17H,7-12H2,1-6H3,(H,21,23)/t14-,15+,16-,17+,20+/m1/s1. The van der Waals surface area contributed by atoms with Gasteiger partial charge in [0.15, 0.2) is 0 Å². The van der Waals surface area contributed by atoms with Crippen molar-refractivity contribution in [3.05, 3.63) is 0 Å². The molecule has 5 atom stereocenters. The van der Waals surface area contributed by atoms with Crippen molar-refractivity contribution in [3.8, 4) is 0 Å². The first-order valence-electron chi connectivity index (χ1n) is 9.65. The van der Waals surface area contributed by atoms with Gasteiger partial charge in [-0.25, -0.2) is 0 Å². The molecule has 1 N–H and O–H groups in total. The SMILES string of the molecule is CCC[C@H](NC(C)=S)[C@@H](CCC)[Se][C@@H]1C(=O)[C@]2(C)CC[C@H]1C2(C)C. The van der Waals surface area contributed by atoms with E-state index in [4.69, 9.17) is 12.2 Å². The molecular formula is C20H35NOSSe. The summed E-state index contributed by atoms with van der Waals surface area (Å²) in [6, 6.07) is 0.454. The number of carbonyl (C=O) groups excluding carboxylic acids is 1. The fraction of sp³-hybridized carbons (Fsp3) is 0.900. The topological polar surface area (TPSA) is 29.1 Å². The summed E-state index contributed by atoms with van der Waals surface area (Å²) in [5.74, 6) is 1.18. The number of hydrogen-bond acceptors (Lipinski definition) is 2. The minimum absolute atomic E-state index is 0.0748. The molecule has 2 aliphatic carbocycles. The Morgan fingerprint density at radius 2 is 1.92 bits per heavy atom. The predicted octanol–water partition coefficient (Wildman–Crippen LogP) is 5.20. The molecule has 0 saturated heterocycles. The van der Waals surface area contributed by atoms with Crippen LogP contribution in [0.2, 0.25) is 9.63 Å². The van der Waals surface area contributed by atoms with Crippen molar-refractivity contribution in [1.29, 1.82) is 0 Å². The number of Topliss-reactive ketones (excluding diaryl/α,β-unsaturated/α-hetero) is 1. The van der Waals surface area contributed by atoms with Gasteiger partial charge in [0.1, 0.15) is 0 Å². The van der Waals surface area contributed by atoms with Crippen LogP contribution in [0.25, 0.3) is 0 Å². The van der Waals surface area contributed by atoms with E-state index < -0.39 is 0 Å². The first-order valence-corrected chi connectivity index (χ1v) is 12.0. The van der Waals surface area contributed by atoms with E-state index in [1.165, 1.54) is 25.7 Å². The zero-order valence-corrected chi connectivity index (χ0v) is 18.8. The monoisotopic (exact) mass is 417 g/mol. The Kier molecular flexibility index (Phi) is 6.59. The molecule has 0 radical (unpaired) electrons. The molecule has 2 saturated carbocycles. The molecule has 24 heavy (non-hydrogen) atoms. The molecule has 0 heterocycles. The van der Waals surface area contributed by atoms with Gasteiger partial charge in [-0.05, 0) is 0 Å². The summed E-state index contributed by atoms with van der Waals surface area (Å²) < 4.78 is 0. The molecule has 2 bridgehead atoms.